The second-order valence-electron chi connectivity index (χ2n) is 7.61. The van der Waals surface area contributed by atoms with Crippen molar-refractivity contribution in [3.8, 4) is 16.9 Å². The van der Waals surface area contributed by atoms with Crippen LogP contribution in [-0.2, 0) is 0 Å². The van der Waals surface area contributed by atoms with E-state index in [1.165, 1.54) is 12.8 Å². The summed E-state index contributed by atoms with van der Waals surface area (Å²) < 4.78 is 5.21. The zero-order valence-corrected chi connectivity index (χ0v) is 15.9. The molecule has 27 heavy (non-hydrogen) atoms. The minimum absolute atomic E-state index is 0.0819. The van der Waals surface area contributed by atoms with E-state index >= 15 is 0 Å². The summed E-state index contributed by atoms with van der Waals surface area (Å²) in [7, 11) is 1.65. The first kappa shape index (κ1) is 18.0. The maximum atomic E-state index is 12.9. The molecule has 5 heteroatoms. The highest BCUT2D eigenvalue weighted by atomic mass is 16.5. The number of pyridine rings is 1. The molecule has 2 heterocycles. The molecule has 2 aliphatic rings. The molecule has 0 unspecified atom stereocenters. The molecule has 0 radical (unpaired) electrons. The van der Waals surface area contributed by atoms with Crippen molar-refractivity contribution in [2.24, 2.45) is 5.92 Å². The van der Waals surface area contributed by atoms with Crippen LogP contribution in [0.2, 0.25) is 0 Å². The molecule has 1 saturated heterocycles. The lowest BCUT2D eigenvalue weighted by molar-refractivity contribution is 0.0704. The van der Waals surface area contributed by atoms with Crippen molar-refractivity contribution in [1.82, 2.24) is 15.2 Å². The molecular formula is C22H27N3O2. The van der Waals surface area contributed by atoms with Gasteiger partial charge in [0.25, 0.3) is 5.91 Å². The quantitative estimate of drug-likeness (QED) is 0.853. The number of carbonyl (C=O) groups excluding carboxylic acids is 1. The van der Waals surface area contributed by atoms with Gasteiger partial charge in [0.15, 0.2) is 0 Å². The van der Waals surface area contributed by atoms with Gasteiger partial charge in [-0.15, -0.1) is 0 Å². The number of amides is 1. The molecule has 5 nitrogen and oxygen atoms in total. The minimum Gasteiger partial charge on any atom is -0.497 e. The van der Waals surface area contributed by atoms with Gasteiger partial charge in [0, 0.05) is 37.1 Å². The van der Waals surface area contributed by atoms with Crippen molar-refractivity contribution < 1.29 is 9.53 Å². The monoisotopic (exact) mass is 365 g/mol. The SMILES string of the molecule is COc1ccc(-c2cncc(C(=O)N3CCC(NCC4CC4)CC3)c2)cc1. The molecular weight excluding hydrogens is 338 g/mol. The lowest BCUT2D eigenvalue weighted by atomic mass is 10.0. The number of hydrogen-bond acceptors (Lipinski definition) is 4. The fourth-order valence-electron chi connectivity index (χ4n) is 3.62. The Bertz CT molecular complexity index is 778. The first-order valence-electron chi connectivity index (χ1n) is 9.85. The van der Waals surface area contributed by atoms with Crippen LogP contribution in [0.5, 0.6) is 5.75 Å². The summed E-state index contributed by atoms with van der Waals surface area (Å²) in [4.78, 5) is 19.2. The van der Waals surface area contributed by atoms with Gasteiger partial charge >= 0.3 is 0 Å². The standard InChI is InChI=1S/C22H27N3O2/c1-27-21-6-4-17(5-7-21)18-12-19(15-23-14-18)22(26)25-10-8-20(9-11-25)24-13-16-2-3-16/h4-7,12,14-16,20,24H,2-3,8-11,13H2,1H3. The van der Waals surface area contributed by atoms with Gasteiger partial charge in [0.05, 0.1) is 12.7 Å². The number of benzene rings is 1. The molecule has 0 spiro atoms. The Morgan fingerprint density at radius 3 is 2.52 bits per heavy atom. The van der Waals surface area contributed by atoms with Crippen LogP contribution in [-0.4, -0.2) is 48.6 Å². The largest absolute Gasteiger partial charge is 0.497 e. The number of likely N-dealkylation sites (tertiary alicyclic amines) is 1. The summed E-state index contributed by atoms with van der Waals surface area (Å²) in [6.07, 6.45) is 8.29. The molecule has 1 aliphatic heterocycles. The molecule has 0 bridgehead atoms. The Morgan fingerprint density at radius 1 is 1.11 bits per heavy atom. The number of methoxy groups -OCH3 is 1. The molecule has 1 aromatic carbocycles. The maximum absolute atomic E-state index is 12.9. The highest BCUT2D eigenvalue weighted by molar-refractivity contribution is 5.95. The van der Waals surface area contributed by atoms with E-state index in [1.807, 2.05) is 35.2 Å². The molecule has 2 fully saturated rings. The second-order valence-corrected chi connectivity index (χ2v) is 7.61. The lowest BCUT2D eigenvalue weighted by Crippen LogP contribution is -2.45. The predicted octanol–water partition coefficient (Wildman–Crippen LogP) is 3.36. The van der Waals surface area contributed by atoms with Gasteiger partial charge in [-0.25, -0.2) is 0 Å². The van der Waals surface area contributed by atoms with Crippen LogP contribution < -0.4 is 10.1 Å². The fraction of sp³-hybridized carbons (Fsp3) is 0.455. The number of hydrogen-bond donors (Lipinski definition) is 1. The smallest absolute Gasteiger partial charge is 0.255 e. The van der Waals surface area contributed by atoms with Crippen LogP contribution in [0.25, 0.3) is 11.1 Å². The maximum Gasteiger partial charge on any atom is 0.255 e. The molecule has 0 atom stereocenters. The Morgan fingerprint density at radius 2 is 1.85 bits per heavy atom. The number of nitrogens with one attached hydrogen (secondary N) is 1. The van der Waals surface area contributed by atoms with Gasteiger partial charge in [-0.05, 0) is 61.9 Å². The molecule has 4 rings (SSSR count). The van der Waals surface area contributed by atoms with E-state index in [0.29, 0.717) is 11.6 Å². The lowest BCUT2D eigenvalue weighted by Gasteiger charge is -2.32. The third kappa shape index (κ3) is 4.48. The third-order valence-electron chi connectivity index (χ3n) is 5.58. The highest BCUT2D eigenvalue weighted by Crippen LogP contribution is 2.28. The molecule has 142 valence electrons. The van der Waals surface area contributed by atoms with E-state index < -0.39 is 0 Å². The molecule has 1 aromatic heterocycles. The summed E-state index contributed by atoms with van der Waals surface area (Å²) >= 11 is 0. The second kappa shape index (κ2) is 8.09. The van der Waals surface area contributed by atoms with Gasteiger partial charge in [-0.2, -0.15) is 0 Å². The molecule has 1 aliphatic carbocycles. The van der Waals surface area contributed by atoms with Crippen molar-refractivity contribution in [2.45, 2.75) is 31.7 Å². The van der Waals surface area contributed by atoms with E-state index in [2.05, 4.69) is 10.3 Å². The van der Waals surface area contributed by atoms with Crippen molar-refractivity contribution >= 4 is 5.91 Å². The first-order valence-corrected chi connectivity index (χ1v) is 9.85. The summed E-state index contributed by atoms with van der Waals surface area (Å²) in [5, 5.41) is 3.66. The summed E-state index contributed by atoms with van der Waals surface area (Å²) in [6, 6.07) is 10.3. The normalized spacial score (nSPS) is 17.7. The first-order chi connectivity index (χ1) is 13.2. The third-order valence-corrected chi connectivity index (χ3v) is 5.58. The van der Waals surface area contributed by atoms with Gasteiger partial charge in [-0.1, -0.05) is 12.1 Å². The van der Waals surface area contributed by atoms with Crippen molar-refractivity contribution in [3.63, 3.8) is 0 Å². The van der Waals surface area contributed by atoms with Gasteiger partial charge in [0.1, 0.15) is 5.75 Å². The van der Waals surface area contributed by atoms with Crippen LogP contribution in [0, 0.1) is 5.92 Å². The highest BCUT2D eigenvalue weighted by Gasteiger charge is 2.26. The van der Waals surface area contributed by atoms with E-state index in [4.69, 9.17) is 4.74 Å². The van der Waals surface area contributed by atoms with E-state index in [-0.39, 0.29) is 5.91 Å². The number of rotatable bonds is 6. The Hall–Kier alpha value is -2.40. The van der Waals surface area contributed by atoms with Crippen LogP contribution in [0.1, 0.15) is 36.0 Å². The zero-order chi connectivity index (χ0) is 18.6. The van der Waals surface area contributed by atoms with Crippen LogP contribution >= 0.6 is 0 Å². The summed E-state index contributed by atoms with van der Waals surface area (Å²) in [6.45, 7) is 2.77. The minimum atomic E-state index is 0.0819. The Balaban J connectivity index is 1.38. The summed E-state index contributed by atoms with van der Waals surface area (Å²) in [5.74, 6) is 1.80. The molecule has 2 aromatic rings. The van der Waals surface area contributed by atoms with Gasteiger partial charge < -0.3 is 15.0 Å². The van der Waals surface area contributed by atoms with Crippen molar-refractivity contribution in [3.05, 3.63) is 48.3 Å². The predicted molar refractivity (Wildman–Crippen MR) is 106 cm³/mol. The fourth-order valence-corrected chi connectivity index (χ4v) is 3.62. The van der Waals surface area contributed by atoms with E-state index in [1.54, 1.807) is 19.5 Å². The number of aromatic nitrogens is 1. The van der Waals surface area contributed by atoms with Crippen molar-refractivity contribution in [2.75, 3.05) is 26.7 Å². The Labute approximate surface area is 160 Å². The van der Waals surface area contributed by atoms with Gasteiger partial charge in [0.2, 0.25) is 0 Å². The van der Waals surface area contributed by atoms with Gasteiger partial charge in [-0.3, -0.25) is 9.78 Å². The van der Waals surface area contributed by atoms with Crippen molar-refractivity contribution in [1.29, 1.82) is 0 Å². The molecule has 1 N–H and O–H groups in total. The number of nitrogens with zero attached hydrogens (tertiary/aromatic N) is 2. The number of ether oxygens (including phenoxy) is 1. The van der Waals surface area contributed by atoms with Crippen LogP contribution in [0.15, 0.2) is 42.7 Å². The average Bonchev–Trinajstić information content (AvgIpc) is 3.57. The van der Waals surface area contributed by atoms with Crippen LogP contribution in [0.4, 0.5) is 0 Å². The van der Waals surface area contributed by atoms with E-state index in [9.17, 15) is 4.79 Å². The molecule has 1 saturated carbocycles. The average molecular weight is 365 g/mol. The number of piperidine rings is 1. The summed E-state index contributed by atoms with van der Waals surface area (Å²) in [5.41, 5.74) is 2.64. The number of carbonyl (C=O) groups is 1. The topological polar surface area (TPSA) is 54.5 Å². The van der Waals surface area contributed by atoms with Crippen LogP contribution in [0.3, 0.4) is 0 Å². The van der Waals surface area contributed by atoms with E-state index in [0.717, 1.165) is 55.3 Å². The Kier molecular flexibility index (Phi) is 5.39. The zero-order valence-electron chi connectivity index (χ0n) is 15.9. The molecule has 1 amide bonds.